The zero-order valence-electron chi connectivity index (χ0n) is 16.0. The summed E-state index contributed by atoms with van der Waals surface area (Å²) in [6.45, 7) is 3.77. The summed E-state index contributed by atoms with van der Waals surface area (Å²) < 4.78 is 29.9. The Labute approximate surface area is 167 Å². The van der Waals surface area contributed by atoms with Gasteiger partial charge in [0.15, 0.2) is 17.1 Å². The van der Waals surface area contributed by atoms with Gasteiger partial charge in [-0.25, -0.2) is 9.67 Å². The van der Waals surface area contributed by atoms with Crippen LogP contribution in [0.2, 0.25) is 0 Å². The lowest BCUT2D eigenvalue weighted by Crippen LogP contribution is -2.13. The van der Waals surface area contributed by atoms with Crippen LogP contribution in [-0.4, -0.2) is 72.6 Å². The molecule has 29 heavy (non-hydrogen) atoms. The maximum absolute atomic E-state index is 5.91. The molecule has 0 spiro atoms. The first-order chi connectivity index (χ1) is 14.3. The zero-order valence-corrected chi connectivity index (χ0v) is 16.0. The number of rotatable bonds is 1. The molecule has 10 nitrogen and oxygen atoms in total. The van der Waals surface area contributed by atoms with E-state index >= 15 is 0 Å². The lowest BCUT2D eigenvalue weighted by atomic mass is 10.2. The zero-order chi connectivity index (χ0) is 19.9. The van der Waals surface area contributed by atoms with Crippen LogP contribution in [0.5, 0.6) is 11.5 Å². The number of ether oxygens (including phenoxy) is 5. The molecule has 4 rings (SSSR count). The Bertz CT molecular complexity index is 948. The summed E-state index contributed by atoms with van der Waals surface area (Å²) in [5.74, 6) is 1.39. The van der Waals surface area contributed by atoms with Crippen LogP contribution in [0.15, 0.2) is 30.6 Å². The lowest BCUT2D eigenvalue weighted by Gasteiger charge is -2.14. The average molecular weight is 401 g/mol. The SMILES string of the molecule is Nc1ncc2cnn(-c3ccc4c(c3)OCCOCCOCCOCCO4)c2n1. The number of aromatic nitrogens is 4. The number of benzene rings is 1. The number of anilines is 1. The minimum atomic E-state index is 0.189. The van der Waals surface area contributed by atoms with E-state index in [1.54, 1.807) is 17.1 Å². The van der Waals surface area contributed by atoms with Crippen LogP contribution < -0.4 is 15.2 Å². The van der Waals surface area contributed by atoms with E-state index in [4.69, 9.17) is 29.4 Å². The molecule has 0 unspecified atom stereocenters. The highest BCUT2D eigenvalue weighted by Gasteiger charge is 2.12. The lowest BCUT2D eigenvalue weighted by molar-refractivity contribution is 0.00708. The predicted molar refractivity (Wildman–Crippen MR) is 105 cm³/mol. The van der Waals surface area contributed by atoms with E-state index in [1.807, 2.05) is 18.2 Å². The summed E-state index contributed by atoms with van der Waals surface area (Å²) in [5, 5.41) is 5.19. The molecule has 3 aromatic rings. The van der Waals surface area contributed by atoms with Gasteiger partial charge in [0.05, 0.1) is 56.9 Å². The quantitative estimate of drug-likeness (QED) is 0.642. The van der Waals surface area contributed by atoms with Gasteiger partial charge < -0.3 is 29.4 Å². The Kier molecular flexibility index (Phi) is 6.35. The third kappa shape index (κ3) is 4.91. The molecule has 0 aliphatic carbocycles. The summed E-state index contributed by atoms with van der Waals surface area (Å²) >= 11 is 0. The van der Waals surface area contributed by atoms with Crippen molar-refractivity contribution in [2.75, 3.05) is 58.6 Å². The van der Waals surface area contributed by atoms with E-state index in [1.165, 1.54) is 0 Å². The van der Waals surface area contributed by atoms with Gasteiger partial charge in [-0.15, -0.1) is 0 Å². The summed E-state index contributed by atoms with van der Waals surface area (Å²) in [7, 11) is 0. The van der Waals surface area contributed by atoms with E-state index < -0.39 is 0 Å². The van der Waals surface area contributed by atoms with E-state index in [9.17, 15) is 0 Å². The van der Waals surface area contributed by atoms with Gasteiger partial charge in [-0.1, -0.05) is 0 Å². The van der Waals surface area contributed by atoms with Gasteiger partial charge in [-0.05, 0) is 12.1 Å². The molecule has 0 saturated carbocycles. The molecule has 0 fully saturated rings. The molecular formula is C19H23N5O5. The van der Waals surface area contributed by atoms with Crippen LogP contribution in [-0.2, 0) is 14.2 Å². The van der Waals surface area contributed by atoms with Crippen molar-refractivity contribution in [2.24, 2.45) is 0 Å². The maximum Gasteiger partial charge on any atom is 0.222 e. The molecule has 2 aromatic heterocycles. The molecule has 1 aromatic carbocycles. The highest BCUT2D eigenvalue weighted by molar-refractivity contribution is 5.76. The van der Waals surface area contributed by atoms with Crippen molar-refractivity contribution >= 4 is 17.0 Å². The standard InChI is InChI=1S/C19H23N5O5/c20-19-21-12-14-13-22-24(18(14)23-19)15-1-2-16-17(11-15)29-10-8-27-6-4-25-3-5-26-7-9-28-16/h1-2,11-13H,3-10H2,(H2,20,21,23). The molecule has 154 valence electrons. The molecule has 1 aliphatic rings. The van der Waals surface area contributed by atoms with Gasteiger partial charge in [0.1, 0.15) is 13.2 Å². The van der Waals surface area contributed by atoms with Crippen LogP contribution >= 0.6 is 0 Å². The van der Waals surface area contributed by atoms with Crippen molar-refractivity contribution in [3.8, 4) is 17.2 Å². The summed E-state index contributed by atoms with van der Waals surface area (Å²) in [5.41, 5.74) is 7.12. The molecule has 0 bridgehead atoms. The van der Waals surface area contributed by atoms with Crippen LogP contribution in [0.1, 0.15) is 0 Å². The largest absolute Gasteiger partial charge is 0.487 e. The van der Waals surface area contributed by atoms with Gasteiger partial charge in [0.2, 0.25) is 5.95 Å². The first-order valence-corrected chi connectivity index (χ1v) is 9.41. The highest BCUT2D eigenvalue weighted by Crippen LogP contribution is 2.31. The summed E-state index contributed by atoms with van der Waals surface area (Å²) in [6.07, 6.45) is 3.33. The van der Waals surface area contributed by atoms with Crippen molar-refractivity contribution in [2.45, 2.75) is 0 Å². The van der Waals surface area contributed by atoms with E-state index in [2.05, 4.69) is 15.1 Å². The normalized spacial score (nSPS) is 16.8. The molecule has 10 heteroatoms. The molecule has 0 atom stereocenters. The maximum atomic E-state index is 5.91. The van der Waals surface area contributed by atoms with Gasteiger partial charge >= 0.3 is 0 Å². The Hall–Kier alpha value is -2.95. The van der Waals surface area contributed by atoms with E-state index in [0.29, 0.717) is 70.0 Å². The van der Waals surface area contributed by atoms with Crippen LogP contribution in [0.4, 0.5) is 5.95 Å². The molecule has 0 saturated heterocycles. The van der Waals surface area contributed by atoms with E-state index in [-0.39, 0.29) is 5.95 Å². The molecule has 0 radical (unpaired) electrons. The third-order valence-electron chi connectivity index (χ3n) is 4.21. The van der Waals surface area contributed by atoms with Crippen molar-refractivity contribution in [3.63, 3.8) is 0 Å². The Balaban J connectivity index is 1.58. The second kappa shape index (κ2) is 9.50. The van der Waals surface area contributed by atoms with Crippen LogP contribution in [0.3, 0.4) is 0 Å². The van der Waals surface area contributed by atoms with Crippen molar-refractivity contribution < 1.29 is 23.7 Å². The second-order valence-electron chi connectivity index (χ2n) is 6.23. The fourth-order valence-corrected chi connectivity index (χ4v) is 2.84. The summed E-state index contributed by atoms with van der Waals surface area (Å²) in [6, 6.07) is 5.57. The Morgan fingerprint density at radius 1 is 0.793 bits per heavy atom. The molecule has 0 amide bonds. The third-order valence-corrected chi connectivity index (χ3v) is 4.21. The van der Waals surface area contributed by atoms with Crippen LogP contribution in [0.25, 0.3) is 16.7 Å². The van der Waals surface area contributed by atoms with Gasteiger partial charge in [-0.3, -0.25) is 0 Å². The summed E-state index contributed by atoms with van der Waals surface area (Å²) in [4.78, 5) is 8.28. The Morgan fingerprint density at radius 3 is 2.17 bits per heavy atom. The molecule has 1 aliphatic heterocycles. The first-order valence-electron chi connectivity index (χ1n) is 9.41. The number of nitrogens with two attached hydrogens (primary N) is 1. The first kappa shape index (κ1) is 19.4. The van der Waals surface area contributed by atoms with E-state index in [0.717, 1.165) is 11.1 Å². The fraction of sp³-hybridized carbons (Fsp3) is 0.421. The predicted octanol–water partition coefficient (Wildman–Crippen LogP) is 1.22. The minimum Gasteiger partial charge on any atom is -0.487 e. The average Bonchev–Trinajstić information content (AvgIpc) is 3.14. The van der Waals surface area contributed by atoms with Crippen molar-refractivity contribution in [3.05, 3.63) is 30.6 Å². The second-order valence-corrected chi connectivity index (χ2v) is 6.23. The number of nitrogen functional groups attached to an aromatic ring is 1. The van der Waals surface area contributed by atoms with Gasteiger partial charge in [-0.2, -0.15) is 10.1 Å². The van der Waals surface area contributed by atoms with Crippen molar-refractivity contribution in [1.82, 2.24) is 19.7 Å². The number of fused-ring (bicyclic) bond motifs is 2. The molecule has 2 N–H and O–H groups in total. The highest BCUT2D eigenvalue weighted by atomic mass is 16.6. The van der Waals surface area contributed by atoms with Gasteiger partial charge in [0, 0.05) is 12.3 Å². The molecule has 3 heterocycles. The number of hydrogen-bond donors (Lipinski definition) is 1. The number of hydrogen-bond acceptors (Lipinski definition) is 9. The minimum absolute atomic E-state index is 0.189. The van der Waals surface area contributed by atoms with Crippen LogP contribution in [0, 0.1) is 0 Å². The van der Waals surface area contributed by atoms with Gasteiger partial charge in [0.25, 0.3) is 0 Å². The topological polar surface area (TPSA) is 116 Å². The Morgan fingerprint density at radius 2 is 1.45 bits per heavy atom. The fourth-order valence-electron chi connectivity index (χ4n) is 2.84. The van der Waals surface area contributed by atoms with Crippen molar-refractivity contribution in [1.29, 1.82) is 0 Å². The monoisotopic (exact) mass is 401 g/mol. The smallest absolute Gasteiger partial charge is 0.222 e. The molecular weight excluding hydrogens is 378 g/mol. The number of nitrogens with zero attached hydrogens (tertiary/aromatic N) is 4.